The van der Waals surface area contributed by atoms with Crippen molar-refractivity contribution in [3.63, 3.8) is 0 Å². The van der Waals surface area contributed by atoms with Crippen LogP contribution in [-0.4, -0.2) is 45.7 Å². The van der Waals surface area contributed by atoms with E-state index in [1.807, 2.05) is 0 Å². The number of nitrogens with zero attached hydrogens (tertiary/aromatic N) is 1. The van der Waals surface area contributed by atoms with Crippen LogP contribution in [0.3, 0.4) is 0 Å². The fraction of sp³-hybridized carbons (Fsp3) is 0.385. The van der Waals surface area contributed by atoms with E-state index in [9.17, 15) is 14.7 Å². The first-order valence-corrected chi connectivity index (χ1v) is 6.25. The average molecular weight is 284 g/mol. The molecule has 0 saturated carbocycles. The van der Waals surface area contributed by atoms with Crippen LogP contribution in [0.4, 0.5) is 0 Å². The zero-order valence-corrected chi connectivity index (χ0v) is 11.1. The fourth-order valence-corrected chi connectivity index (χ4v) is 2.59. The summed E-state index contributed by atoms with van der Waals surface area (Å²) >= 11 is 5.89. The van der Waals surface area contributed by atoms with Crippen molar-refractivity contribution in [2.75, 3.05) is 6.54 Å². The minimum atomic E-state index is -1.11. The van der Waals surface area contributed by atoms with Crippen LogP contribution in [0, 0.1) is 6.92 Å². The number of β-amino-alcohol motifs (C(OH)–C–C–N with tert-alkyl or cyclic N) is 1. The molecule has 1 heterocycles. The molecule has 0 spiro atoms. The summed E-state index contributed by atoms with van der Waals surface area (Å²) in [5.41, 5.74) is 1.16. The van der Waals surface area contributed by atoms with Gasteiger partial charge in [0.2, 0.25) is 0 Å². The Kier molecular flexibility index (Phi) is 3.78. The van der Waals surface area contributed by atoms with Gasteiger partial charge in [-0.1, -0.05) is 11.6 Å². The van der Waals surface area contributed by atoms with Crippen LogP contribution >= 0.6 is 11.6 Å². The van der Waals surface area contributed by atoms with Crippen molar-refractivity contribution in [3.8, 4) is 0 Å². The molecule has 2 atom stereocenters. The summed E-state index contributed by atoms with van der Waals surface area (Å²) in [6, 6.07) is 3.88. The highest BCUT2D eigenvalue weighted by Gasteiger charge is 2.39. The molecule has 1 aromatic carbocycles. The number of halogens is 1. The van der Waals surface area contributed by atoms with Crippen LogP contribution in [0.25, 0.3) is 0 Å². The van der Waals surface area contributed by atoms with Gasteiger partial charge < -0.3 is 15.1 Å². The van der Waals surface area contributed by atoms with Crippen LogP contribution in [0.5, 0.6) is 0 Å². The predicted molar refractivity (Wildman–Crippen MR) is 69.3 cm³/mol. The van der Waals surface area contributed by atoms with Crippen molar-refractivity contribution >= 4 is 23.5 Å². The van der Waals surface area contributed by atoms with E-state index in [2.05, 4.69) is 0 Å². The Morgan fingerprint density at radius 1 is 1.37 bits per heavy atom. The molecule has 0 radical (unpaired) electrons. The van der Waals surface area contributed by atoms with Crippen LogP contribution in [0.1, 0.15) is 22.3 Å². The predicted octanol–water partition coefficient (Wildman–Crippen LogP) is 1.31. The summed E-state index contributed by atoms with van der Waals surface area (Å²) in [6.45, 7) is 1.83. The molecular weight excluding hydrogens is 270 g/mol. The van der Waals surface area contributed by atoms with Gasteiger partial charge in [0.25, 0.3) is 5.91 Å². The van der Waals surface area contributed by atoms with Gasteiger partial charge in [0, 0.05) is 23.6 Å². The van der Waals surface area contributed by atoms with E-state index in [4.69, 9.17) is 16.7 Å². The van der Waals surface area contributed by atoms with E-state index in [-0.39, 0.29) is 13.0 Å². The van der Waals surface area contributed by atoms with E-state index in [1.54, 1.807) is 19.1 Å². The summed E-state index contributed by atoms with van der Waals surface area (Å²) in [6.07, 6.45) is -0.744. The maximum atomic E-state index is 12.3. The number of likely N-dealkylation sites (tertiary alicyclic amines) is 1. The summed E-state index contributed by atoms with van der Waals surface area (Å²) in [7, 11) is 0. The first kappa shape index (κ1) is 13.8. The number of aliphatic carboxylic acids is 1. The Labute approximate surface area is 115 Å². The first-order chi connectivity index (χ1) is 8.88. The Hall–Kier alpha value is -1.59. The second kappa shape index (κ2) is 5.19. The lowest BCUT2D eigenvalue weighted by Gasteiger charge is -2.21. The van der Waals surface area contributed by atoms with Gasteiger partial charge in [0.05, 0.1) is 6.10 Å². The molecular formula is C13H14ClNO4. The van der Waals surface area contributed by atoms with Crippen LogP contribution < -0.4 is 0 Å². The highest BCUT2D eigenvalue weighted by atomic mass is 35.5. The number of aliphatic hydroxyl groups excluding tert-OH is 1. The maximum absolute atomic E-state index is 12.3. The molecule has 0 bridgehead atoms. The maximum Gasteiger partial charge on any atom is 0.326 e. The lowest BCUT2D eigenvalue weighted by Crippen LogP contribution is -2.40. The zero-order valence-electron chi connectivity index (χ0n) is 10.3. The van der Waals surface area contributed by atoms with Crippen molar-refractivity contribution < 1.29 is 19.8 Å². The van der Waals surface area contributed by atoms with Gasteiger partial charge in [0.15, 0.2) is 0 Å². The number of aliphatic hydroxyl groups is 1. The number of hydrogen-bond donors (Lipinski definition) is 2. The number of hydrogen-bond acceptors (Lipinski definition) is 3. The SMILES string of the molecule is Cc1cc(Cl)cc(C(=O)N2C[C@H](O)C[C@H]2C(=O)O)c1. The van der Waals surface area contributed by atoms with Gasteiger partial charge in [0.1, 0.15) is 6.04 Å². The van der Waals surface area contributed by atoms with Crippen LogP contribution in [-0.2, 0) is 4.79 Å². The molecule has 1 aliphatic rings. The Morgan fingerprint density at radius 3 is 2.63 bits per heavy atom. The monoisotopic (exact) mass is 283 g/mol. The normalized spacial score (nSPS) is 22.6. The largest absolute Gasteiger partial charge is 0.480 e. The number of carbonyl (C=O) groups excluding carboxylic acids is 1. The van der Waals surface area contributed by atoms with Crippen molar-refractivity contribution in [3.05, 3.63) is 34.3 Å². The van der Waals surface area contributed by atoms with E-state index in [1.165, 1.54) is 11.0 Å². The standard InChI is InChI=1S/C13H14ClNO4/c1-7-2-8(4-9(14)3-7)12(17)15-6-10(16)5-11(15)13(18)19/h2-4,10-11,16H,5-6H2,1H3,(H,18,19)/t10-,11+/m1/s1. The van der Waals surface area contributed by atoms with Crippen molar-refractivity contribution in [2.45, 2.75) is 25.5 Å². The van der Waals surface area contributed by atoms with E-state index < -0.39 is 24.0 Å². The lowest BCUT2D eigenvalue weighted by atomic mass is 10.1. The lowest BCUT2D eigenvalue weighted by molar-refractivity contribution is -0.141. The smallest absolute Gasteiger partial charge is 0.326 e. The molecule has 0 aromatic heterocycles. The van der Waals surface area contributed by atoms with E-state index >= 15 is 0 Å². The third kappa shape index (κ3) is 2.88. The quantitative estimate of drug-likeness (QED) is 0.858. The fourth-order valence-electron chi connectivity index (χ4n) is 2.30. The molecule has 5 nitrogen and oxygen atoms in total. The molecule has 6 heteroatoms. The number of carboxylic acid groups (broad SMARTS) is 1. The summed E-state index contributed by atoms with van der Waals surface area (Å²) in [5.74, 6) is -1.53. The highest BCUT2D eigenvalue weighted by Crippen LogP contribution is 2.23. The van der Waals surface area contributed by atoms with Gasteiger partial charge in [-0.3, -0.25) is 4.79 Å². The van der Waals surface area contributed by atoms with Crippen molar-refractivity contribution in [1.82, 2.24) is 4.90 Å². The van der Waals surface area contributed by atoms with Gasteiger partial charge in [-0.2, -0.15) is 0 Å². The van der Waals surface area contributed by atoms with Gasteiger partial charge in [-0.05, 0) is 30.7 Å². The third-order valence-electron chi connectivity index (χ3n) is 3.11. The Balaban J connectivity index is 2.30. The van der Waals surface area contributed by atoms with Gasteiger partial charge in [-0.25, -0.2) is 4.79 Å². The number of benzene rings is 1. The Morgan fingerprint density at radius 2 is 2.05 bits per heavy atom. The van der Waals surface area contributed by atoms with Crippen LogP contribution in [0.15, 0.2) is 18.2 Å². The first-order valence-electron chi connectivity index (χ1n) is 5.87. The molecule has 1 fully saturated rings. The highest BCUT2D eigenvalue weighted by molar-refractivity contribution is 6.31. The summed E-state index contributed by atoms with van der Waals surface area (Å²) in [5, 5.41) is 19.0. The minimum Gasteiger partial charge on any atom is -0.480 e. The van der Waals surface area contributed by atoms with E-state index in [0.717, 1.165) is 5.56 Å². The number of rotatable bonds is 2. The van der Waals surface area contributed by atoms with Crippen molar-refractivity contribution in [1.29, 1.82) is 0 Å². The number of carbonyl (C=O) groups is 2. The summed E-state index contributed by atoms with van der Waals surface area (Å²) < 4.78 is 0. The van der Waals surface area contributed by atoms with Gasteiger partial charge >= 0.3 is 5.97 Å². The molecule has 0 aliphatic carbocycles. The molecule has 102 valence electrons. The molecule has 19 heavy (non-hydrogen) atoms. The molecule has 1 aromatic rings. The summed E-state index contributed by atoms with van der Waals surface area (Å²) in [4.78, 5) is 24.6. The van der Waals surface area contributed by atoms with Crippen molar-refractivity contribution in [2.24, 2.45) is 0 Å². The molecule has 2 rings (SSSR count). The number of carboxylic acids is 1. The van der Waals surface area contributed by atoms with Crippen LogP contribution in [0.2, 0.25) is 5.02 Å². The molecule has 1 amide bonds. The topological polar surface area (TPSA) is 77.8 Å². The minimum absolute atomic E-state index is 0.0291. The zero-order chi connectivity index (χ0) is 14.2. The van der Waals surface area contributed by atoms with Gasteiger partial charge in [-0.15, -0.1) is 0 Å². The average Bonchev–Trinajstić information content (AvgIpc) is 2.69. The second-order valence-electron chi connectivity index (χ2n) is 4.72. The number of amides is 1. The molecule has 1 saturated heterocycles. The van der Waals surface area contributed by atoms with E-state index in [0.29, 0.717) is 10.6 Å². The number of aryl methyl sites for hydroxylation is 1. The second-order valence-corrected chi connectivity index (χ2v) is 5.15. The molecule has 0 unspecified atom stereocenters. The Bertz CT molecular complexity index is 511. The third-order valence-corrected chi connectivity index (χ3v) is 3.33. The molecule has 2 N–H and O–H groups in total. The molecule has 1 aliphatic heterocycles.